The number of carbonyl (C=O) groups excluding carboxylic acids is 1. The first-order valence-electron chi connectivity index (χ1n) is 6.03. The quantitative estimate of drug-likeness (QED) is 0.678. The zero-order chi connectivity index (χ0) is 13.0. The molecule has 1 amide bonds. The van der Waals surface area contributed by atoms with Crippen molar-refractivity contribution < 1.29 is 14.6 Å². The van der Waals surface area contributed by atoms with Crippen molar-refractivity contribution in [1.29, 1.82) is 0 Å². The number of aromatic amines is 1. The summed E-state index contributed by atoms with van der Waals surface area (Å²) in [5.74, 6) is 0.235. The highest BCUT2D eigenvalue weighted by atomic mass is 16.5. The van der Waals surface area contributed by atoms with E-state index in [4.69, 9.17) is 15.6 Å². The molecule has 0 atom stereocenters. The van der Waals surface area contributed by atoms with Gasteiger partial charge in [-0.15, -0.1) is 0 Å². The predicted molar refractivity (Wildman–Crippen MR) is 65.0 cm³/mol. The molecule has 4 N–H and O–H groups in total. The van der Waals surface area contributed by atoms with Crippen molar-refractivity contribution in [2.45, 2.75) is 18.9 Å². The molecule has 1 aromatic rings. The van der Waals surface area contributed by atoms with Crippen molar-refractivity contribution in [3.05, 3.63) is 11.8 Å². The minimum atomic E-state index is -0.0835. The third-order valence-electron chi connectivity index (χ3n) is 3.00. The number of anilines is 1. The Labute approximate surface area is 105 Å². The zero-order valence-corrected chi connectivity index (χ0v) is 10.1. The summed E-state index contributed by atoms with van der Waals surface area (Å²) in [6.07, 6.45) is 1.71. The number of nitrogens with two attached hydrogens (primary N) is 1. The molecule has 0 unspecified atom stereocenters. The van der Waals surface area contributed by atoms with Crippen LogP contribution >= 0.6 is 0 Å². The van der Waals surface area contributed by atoms with E-state index in [1.165, 1.54) is 6.07 Å². The van der Waals surface area contributed by atoms with Crippen LogP contribution < -0.4 is 5.73 Å². The lowest BCUT2D eigenvalue weighted by Gasteiger charge is -2.31. The van der Waals surface area contributed by atoms with Crippen LogP contribution in [0.1, 0.15) is 23.3 Å². The number of carbonyl (C=O) groups is 1. The van der Waals surface area contributed by atoms with Crippen LogP contribution in [0, 0.1) is 0 Å². The van der Waals surface area contributed by atoms with Crippen molar-refractivity contribution in [3.63, 3.8) is 0 Å². The third-order valence-corrected chi connectivity index (χ3v) is 3.00. The highest BCUT2D eigenvalue weighted by molar-refractivity contribution is 5.93. The number of nitrogen functional groups attached to an aromatic ring is 1. The number of likely N-dealkylation sites (tertiary alicyclic amines) is 1. The second-order valence-corrected chi connectivity index (χ2v) is 4.29. The van der Waals surface area contributed by atoms with Gasteiger partial charge in [0, 0.05) is 19.2 Å². The molecule has 0 aromatic carbocycles. The van der Waals surface area contributed by atoms with Crippen LogP contribution in [0.25, 0.3) is 0 Å². The van der Waals surface area contributed by atoms with Gasteiger partial charge >= 0.3 is 0 Å². The van der Waals surface area contributed by atoms with Crippen LogP contribution in [0.5, 0.6) is 0 Å². The van der Waals surface area contributed by atoms with Crippen LogP contribution in [-0.2, 0) is 4.74 Å². The number of aliphatic hydroxyl groups is 1. The Morgan fingerprint density at radius 2 is 2.33 bits per heavy atom. The van der Waals surface area contributed by atoms with Gasteiger partial charge < -0.3 is 20.5 Å². The normalized spacial score (nSPS) is 17.1. The lowest BCUT2D eigenvalue weighted by Crippen LogP contribution is -2.41. The van der Waals surface area contributed by atoms with Gasteiger partial charge in [-0.05, 0) is 12.8 Å². The summed E-state index contributed by atoms with van der Waals surface area (Å²) in [4.78, 5) is 13.8. The van der Waals surface area contributed by atoms with Gasteiger partial charge in [-0.2, -0.15) is 5.10 Å². The maximum Gasteiger partial charge on any atom is 0.271 e. The van der Waals surface area contributed by atoms with Crippen molar-refractivity contribution in [3.8, 4) is 0 Å². The molecule has 0 radical (unpaired) electrons. The molecular formula is C11H18N4O3. The first kappa shape index (κ1) is 12.8. The number of nitrogens with zero attached hydrogens (tertiary/aromatic N) is 2. The van der Waals surface area contributed by atoms with Crippen molar-refractivity contribution >= 4 is 11.7 Å². The molecule has 7 heteroatoms. The Balaban J connectivity index is 1.84. The number of piperidine rings is 1. The maximum absolute atomic E-state index is 12.1. The van der Waals surface area contributed by atoms with Gasteiger partial charge in [0.1, 0.15) is 11.5 Å². The molecule has 1 aliphatic heterocycles. The fourth-order valence-corrected chi connectivity index (χ4v) is 2.06. The molecule has 0 bridgehead atoms. The lowest BCUT2D eigenvalue weighted by molar-refractivity contribution is -0.00564. The topological polar surface area (TPSA) is 104 Å². The number of rotatable bonds is 4. The average Bonchev–Trinajstić information content (AvgIpc) is 2.83. The second-order valence-electron chi connectivity index (χ2n) is 4.29. The van der Waals surface area contributed by atoms with Crippen LogP contribution in [0.4, 0.5) is 5.82 Å². The Kier molecular flexibility index (Phi) is 4.16. The monoisotopic (exact) mass is 254 g/mol. The summed E-state index contributed by atoms with van der Waals surface area (Å²) >= 11 is 0. The molecule has 0 spiro atoms. The first-order chi connectivity index (χ1) is 8.70. The van der Waals surface area contributed by atoms with E-state index >= 15 is 0 Å². The number of hydrogen-bond donors (Lipinski definition) is 3. The first-order valence-corrected chi connectivity index (χ1v) is 6.03. The van der Waals surface area contributed by atoms with Crippen molar-refractivity contribution in [2.24, 2.45) is 0 Å². The molecule has 0 aliphatic carbocycles. The van der Waals surface area contributed by atoms with Crippen molar-refractivity contribution in [1.82, 2.24) is 15.1 Å². The molecule has 1 aliphatic rings. The maximum atomic E-state index is 12.1. The van der Waals surface area contributed by atoms with Crippen LogP contribution in [0.15, 0.2) is 6.07 Å². The van der Waals surface area contributed by atoms with Gasteiger partial charge in [-0.3, -0.25) is 9.89 Å². The van der Waals surface area contributed by atoms with Gasteiger partial charge in [-0.25, -0.2) is 0 Å². The molecule has 7 nitrogen and oxygen atoms in total. The summed E-state index contributed by atoms with van der Waals surface area (Å²) in [6, 6.07) is 1.54. The highest BCUT2D eigenvalue weighted by Gasteiger charge is 2.24. The SMILES string of the molecule is Nc1cc(C(=O)N2CCC(OCCO)CC2)[nH]n1. The van der Waals surface area contributed by atoms with E-state index in [1.54, 1.807) is 4.90 Å². The summed E-state index contributed by atoms with van der Waals surface area (Å²) in [7, 11) is 0. The molecule has 100 valence electrons. The Morgan fingerprint density at radius 1 is 1.61 bits per heavy atom. The number of hydrogen-bond acceptors (Lipinski definition) is 5. The van der Waals surface area contributed by atoms with E-state index in [2.05, 4.69) is 10.2 Å². The smallest absolute Gasteiger partial charge is 0.271 e. The predicted octanol–water partition coefficient (Wildman–Crippen LogP) is -0.395. The average molecular weight is 254 g/mol. The standard InChI is InChI=1S/C11H18N4O3/c12-10-7-9(13-14-10)11(17)15-3-1-8(2-4-15)18-6-5-16/h7-8,16H,1-6H2,(H3,12,13,14). The number of nitrogens with one attached hydrogen (secondary N) is 1. The van der Waals surface area contributed by atoms with E-state index in [-0.39, 0.29) is 18.6 Å². The summed E-state index contributed by atoms with van der Waals surface area (Å²) < 4.78 is 5.44. The number of ether oxygens (including phenoxy) is 1. The van der Waals surface area contributed by atoms with E-state index in [0.717, 1.165) is 12.8 Å². The fraction of sp³-hybridized carbons (Fsp3) is 0.636. The largest absolute Gasteiger partial charge is 0.394 e. The van der Waals surface area contributed by atoms with Crippen LogP contribution in [0.3, 0.4) is 0 Å². The zero-order valence-electron chi connectivity index (χ0n) is 10.1. The lowest BCUT2D eigenvalue weighted by atomic mass is 10.1. The molecular weight excluding hydrogens is 236 g/mol. The Morgan fingerprint density at radius 3 is 2.89 bits per heavy atom. The minimum absolute atomic E-state index is 0.0343. The third kappa shape index (κ3) is 2.99. The molecule has 1 saturated heterocycles. The number of aliphatic hydroxyl groups excluding tert-OH is 1. The van der Waals surface area contributed by atoms with Crippen molar-refractivity contribution in [2.75, 3.05) is 32.0 Å². The number of H-pyrrole nitrogens is 1. The molecule has 18 heavy (non-hydrogen) atoms. The van der Waals surface area contributed by atoms with E-state index in [1.807, 2.05) is 0 Å². The molecule has 1 aromatic heterocycles. The second kappa shape index (κ2) is 5.83. The molecule has 0 saturated carbocycles. The van der Waals surface area contributed by atoms with Crippen LogP contribution in [0.2, 0.25) is 0 Å². The Bertz CT molecular complexity index is 399. The molecule has 2 rings (SSSR count). The fourth-order valence-electron chi connectivity index (χ4n) is 2.06. The number of aromatic nitrogens is 2. The van der Waals surface area contributed by atoms with Gasteiger partial charge in [0.05, 0.1) is 19.3 Å². The minimum Gasteiger partial charge on any atom is -0.394 e. The summed E-state index contributed by atoms with van der Waals surface area (Å²) in [6.45, 7) is 1.68. The summed E-state index contributed by atoms with van der Waals surface area (Å²) in [5.41, 5.74) is 5.88. The Hall–Kier alpha value is -1.60. The molecule has 1 fully saturated rings. The van der Waals surface area contributed by atoms with E-state index in [0.29, 0.717) is 31.2 Å². The van der Waals surface area contributed by atoms with Gasteiger partial charge in [0.15, 0.2) is 0 Å². The highest BCUT2D eigenvalue weighted by Crippen LogP contribution is 2.16. The van der Waals surface area contributed by atoms with Gasteiger partial charge in [-0.1, -0.05) is 0 Å². The number of amides is 1. The van der Waals surface area contributed by atoms with Gasteiger partial charge in [0.2, 0.25) is 0 Å². The van der Waals surface area contributed by atoms with E-state index in [9.17, 15) is 4.79 Å². The van der Waals surface area contributed by atoms with E-state index < -0.39 is 0 Å². The molecule has 2 heterocycles. The van der Waals surface area contributed by atoms with Crippen LogP contribution in [-0.4, -0.2) is 58.5 Å². The van der Waals surface area contributed by atoms with Gasteiger partial charge in [0.25, 0.3) is 5.91 Å². The summed E-state index contributed by atoms with van der Waals surface area (Å²) in [5, 5.41) is 15.0.